The number of aliphatic hydroxyl groups excluding tert-OH is 1. The minimum atomic E-state index is -0.591. The summed E-state index contributed by atoms with van der Waals surface area (Å²) in [6, 6.07) is 3.88. The smallest absolute Gasteiger partial charge is 0.135 e. The van der Waals surface area contributed by atoms with Gasteiger partial charge in [0.05, 0.1) is 6.04 Å². The number of carbonyl (C=O) groups is 1. The van der Waals surface area contributed by atoms with Gasteiger partial charge in [0.1, 0.15) is 23.2 Å². The Morgan fingerprint density at radius 2 is 1.86 bits per heavy atom. The van der Waals surface area contributed by atoms with Gasteiger partial charge in [0.2, 0.25) is 0 Å². The summed E-state index contributed by atoms with van der Waals surface area (Å²) in [5, 5.41) is 11.0. The molecule has 1 N–H and O–H groups in total. The molecule has 0 spiro atoms. The molecule has 3 rings (SSSR count). The number of hydrogen-bond donors (Lipinski definition) is 1. The number of aliphatic hydroxyl groups is 1. The summed E-state index contributed by atoms with van der Waals surface area (Å²) in [6.45, 7) is 9.56. The van der Waals surface area contributed by atoms with Crippen LogP contribution < -0.4 is 4.74 Å². The lowest BCUT2D eigenvalue weighted by molar-refractivity contribution is -0.127. The molecule has 1 aromatic rings. The van der Waals surface area contributed by atoms with Gasteiger partial charge in [-0.05, 0) is 38.8 Å². The lowest BCUT2D eigenvalue weighted by atomic mass is 9.82. The number of ether oxygens (including phenoxy) is 1. The van der Waals surface area contributed by atoms with Crippen molar-refractivity contribution < 1.29 is 14.6 Å². The van der Waals surface area contributed by atoms with E-state index in [4.69, 9.17) is 4.74 Å². The van der Waals surface area contributed by atoms with Crippen LogP contribution in [-0.2, 0) is 4.79 Å². The molecule has 2 heterocycles. The van der Waals surface area contributed by atoms with Crippen molar-refractivity contribution in [2.75, 3.05) is 13.1 Å². The van der Waals surface area contributed by atoms with Crippen molar-refractivity contribution in [2.24, 2.45) is 0 Å². The molecular formula is C18H25NO3. The molecule has 0 amide bonds. The zero-order valence-electron chi connectivity index (χ0n) is 13.8. The highest BCUT2D eigenvalue weighted by Crippen LogP contribution is 2.44. The van der Waals surface area contributed by atoms with Crippen LogP contribution in [-0.4, -0.2) is 40.5 Å². The lowest BCUT2D eigenvalue weighted by Gasteiger charge is -2.49. The summed E-state index contributed by atoms with van der Waals surface area (Å²) in [6.07, 6.45) is 0.546. The number of likely N-dealkylation sites (tertiary alicyclic amines) is 1. The third-order valence-corrected chi connectivity index (χ3v) is 5.15. The first kappa shape index (κ1) is 15.5. The topological polar surface area (TPSA) is 49.8 Å². The van der Waals surface area contributed by atoms with E-state index in [1.165, 1.54) is 5.56 Å². The van der Waals surface area contributed by atoms with Crippen molar-refractivity contribution in [1.29, 1.82) is 0 Å². The number of hydrogen-bond acceptors (Lipinski definition) is 4. The summed E-state index contributed by atoms with van der Waals surface area (Å²) in [5.74, 6) is 1.13. The monoisotopic (exact) mass is 303 g/mol. The predicted octanol–water partition coefficient (Wildman–Crippen LogP) is 2.54. The van der Waals surface area contributed by atoms with Crippen molar-refractivity contribution >= 4 is 5.78 Å². The molecule has 0 bridgehead atoms. The van der Waals surface area contributed by atoms with Gasteiger partial charge in [-0.15, -0.1) is 0 Å². The van der Waals surface area contributed by atoms with Gasteiger partial charge in [-0.2, -0.15) is 0 Å². The van der Waals surface area contributed by atoms with Crippen LogP contribution in [0.5, 0.6) is 5.75 Å². The van der Waals surface area contributed by atoms with E-state index in [2.05, 4.69) is 11.8 Å². The number of nitrogens with zero attached hydrogens (tertiary/aromatic N) is 1. The van der Waals surface area contributed by atoms with E-state index >= 15 is 0 Å². The fourth-order valence-electron chi connectivity index (χ4n) is 3.74. The van der Waals surface area contributed by atoms with E-state index in [0.717, 1.165) is 16.9 Å². The van der Waals surface area contributed by atoms with Gasteiger partial charge < -0.3 is 9.84 Å². The van der Waals surface area contributed by atoms with Crippen LogP contribution in [0.15, 0.2) is 12.1 Å². The molecule has 2 unspecified atom stereocenters. The van der Waals surface area contributed by atoms with Crippen LogP contribution in [0.2, 0.25) is 0 Å². The average molecular weight is 303 g/mol. The van der Waals surface area contributed by atoms with Crippen LogP contribution in [0.1, 0.15) is 49.5 Å². The number of fused-ring (bicyclic) bond motifs is 1. The van der Waals surface area contributed by atoms with Gasteiger partial charge in [-0.25, -0.2) is 0 Å². The van der Waals surface area contributed by atoms with Gasteiger partial charge >= 0.3 is 0 Å². The second kappa shape index (κ2) is 5.36. The Balaban J connectivity index is 1.98. The third kappa shape index (κ3) is 2.44. The average Bonchev–Trinajstić information content (AvgIpc) is 2.45. The Kier molecular flexibility index (Phi) is 3.77. The lowest BCUT2D eigenvalue weighted by Crippen LogP contribution is -2.59. The van der Waals surface area contributed by atoms with E-state index in [1.807, 2.05) is 32.9 Å². The highest BCUT2D eigenvalue weighted by atomic mass is 16.5. The molecule has 1 aromatic carbocycles. The summed E-state index contributed by atoms with van der Waals surface area (Å²) in [5.41, 5.74) is 2.63. The molecule has 0 aromatic heterocycles. The van der Waals surface area contributed by atoms with Gasteiger partial charge in [0.25, 0.3) is 0 Å². The summed E-state index contributed by atoms with van der Waals surface area (Å²) in [4.78, 5) is 13.7. The van der Waals surface area contributed by atoms with E-state index in [0.29, 0.717) is 31.7 Å². The van der Waals surface area contributed by atoms with Gasteiger partial charge in [0, 0.05) is 31.5 Å². The standard InChI is InChI=1S/C18H25NO3/c1-11-5-6-14-15(21)17(19-9-7-13(20)8-10-19)18(3,4)22-16(14)12(11)2/h5-6,15,17,21H,7-10H2,1-4H3. The maximum Gasteiger partial charge on any atom is 0.135 e. The quantitative estimate of drug-likeness (QED) is 0.866. The number of piperidine rings is 1. The number of aryl methyl sites for hydroxylation is 1. The number of ketones is 1. The number of benzene rings is 1. The predicted molar refractivity (Wildman–Crippen MR) is 85.2 cm³/mol. The molecule has 1 saturated heterocycles. The zero-order chi connectivity index (χ0) is 16.1. The Morgan fingerprint density at radius 3 is 2.50 bits per heavy atom. The fourth-order valence-corrected chi connectivity index (χ4v) is 3.74. The molecule has 2 aliphatic rings. The molecule has 2 atom stereocenters. The molecule has 120 valence electrons. The van der Waals surface area contributed by atoms with Gasteiger partial charge in [0.15, 0.2) is 0 Å². The number of rotatable bonds is 1. The van der Waals surface area contributed by atoms with Gasteiger partial charge in [-0.1, -0.05) is 12.1 Å². The Morgan fingerprint density at radius 1 is 1.23 bits per heavy atom. The highest BCUT2D eigenvalue weighted by molar-refractivity contribution is 5.79. The molecule has 0 saturated carbocycles. The second-order valence-corrected chi connectivity index (χ2v) is 7.10. The minimum Gasteiger partial charge on any atom is -0.485 e. The first-order chi connectivity index (χ1) is 10.3. The molecule has 0 aliphatic carbocycles. The fraction of sp³-hybridized carbons (Fsp3) is 0.611. The number of Topliss-reactive ketones (excluding diaryl/α,β-unsaturated/α-hetero) is 1. The van der Waals surface area contributed by atoms with Crippen molar-refractivity contribution in [2.45, 2.75) is 58.3 Å². The summed E-state index contributed by atoms with van der Waals surface area (Å²) < 4.78 is 6.31. The molecule has 4 heteroatoms. The summed E-state index contributed by atoms with van der Waals surface area (Å²) >= 11 is 0. The normalized spacial score (nSPS) is 28.1. The Bertz CT molecular complexity index is 599. The highest BCUT2D eigenvalue weighted by Gasteiger charge is 2.47. The minimum absolute atomic E-state index is 0.129. The molecule has 2 aliphatic heterocycles. The SMILES string of the molecule is Cc1ccc2c(c1C)OC(C)(C)C(N1CCC(=O)CC1)C2O. The van der Waals surface area contributed by atoms with Crippen molar-refractivity contribution in [1.82, 2.24) is 4.90 Å². The van der Waals surface area contributed by atoms with E-state index in [-0.39, 0.29) is 6.04 Å². The maximum absolute atomic E-state index is 11.5. The molecule has 4 nitrogen and oxygen atoms in total. The first-order valence-electron chi connectivity index (χ1n) is 8.04. The van der Waals surface area contributed by atoms with E-state index < -0.39 is 11.7 Å². The zero-order valence-corrected chi connectivity index (χ0v) is 13.8. The Labute approximate surface area is 132 Å². The van der Waals surface area contributed by atoms with Crippen LogP contribution in [0, 0.1) is 13.8 Å². The largest absolute Gasteiger partial charge is 0.485 e. The maximum atomic E-state index is 11.5. The van der Waals surface area contributed by atoms with Crippen LogP contribution in [0.3, 0.4) is 0 Å². The molecular weight excluding hydrogens is 278 g/mol. The van der Waals surface area contributed by atoms with Crippen molar-refractivity contribution in [3.05, 3.63) is 28.8 Å². The molecule has 22 heavy (non-hydrogen) atoms. The molecule has 0 radical (unpaired) electrons. The van der Waals surface area contributed by atoms with Crippen LogP contribution >= 0.6 is 0 Å². The third-order valence-electron chi connectivity index (χ3n) is 5.15. The van der Waals surface area contributed by atoms with Gasteiger partial charge in [-0.3, -0.25) is 9.69 Å². The Hall–Kier alpha value is -1.39. The van der Waals surface area contributed by atoms with Crippen molar-refractivity contribution in [3.8, 4) is 5.75 Å². The first-order valence-corrected chi connectivity index (χ1v) is 8.04. The number of carbonyl (C=O) groups excluding carboxylic acids is 1. The second-order valence-electron chi connectivity index (χ2n) is 7.10. The van der Waals surface area contributed by atoms with Crippen molar-refractivity contribution in [3.63, 3.8) is 0 Å². The summed E-state index contributed by atoms with van der Waals surface area (Å²) in [7, 11) is 0. The van der Waals surface area contributed by atoms with E-state index in [9.17, 15) is 9.90 Å². The van der Waals surface area contributed by atoms with Crippen LogP contribution in [0.25, 0.3) is 0 Å². The van der Waals surface area contributed by atoms with Crippen LogP contribution in [0.4, 0.5) is 0 Å². The molecule has 1 fully saturated rings. The van der Waals surface area contributed by atoms with E-state index in [1.54, 1.807) is 0 Å².